The van der Waals surface area contributed by atoms with Crippen molar-refractivity contribution in [3.05, 3.63) is 64.5 Å². The molecule has 3 rings (SSSR count). The minimum Gasteiger partial charge on any atom is -0.399 e. The van der Waals surface area contributed by atoms with Crippen molar-refractivity contribution in [2.24, 2.45) is 0 Å². The number of hydrogen-bond donors (Lipinski definition) is 2. The van der Waals surface area contributed by atoms with E-state index in [1.54, 1.807) is 13.0 Å². The molecule has 1 atom stereocenters. The maximum atomic E-state index is 13.9. The van der Waals surface area contributed by atoms with Crippen molar-refractivity contribution in [3.8, 4) is 0 Å². The van der Waals surface area contributed by atoms with E-state index in [0.717, 1.165) is 36.1 Å². The topological polar surface area (TPSA) is 55.1 Å². The quantitative estimate of drug-likeness (QED) is 0.817. The first-order valence-corrected chi connectivity index (χ1v) is 7.50. The minimum absolute atomic E-state index is 0. The molecule has 2 aromatic rings. The molecule has 0 heterocycles. The normalized spacial score (nSPS) is 16.2. The van der Waals surface area contributed by atoms with Crippen molar-refractivity contribution in [2.45, 2.75) is 32.2 Å². The molecule has 5 heteroatoms. The molecule has 0 saturated carbocycles. The summed E-state index contributed by atoms with van der Waals surface area (Å²) in [4.78, 5) is 12.3. The number of carbonyl (C=O) groups is 1. The maximum Gasteiger partial charge on any atom is 0.254 e. The van der Waals surface area contributed by atoms with Crippen LogP contribution in [0.15, 0.2) is 36.4 Å². The van der Waals surface area contributed by atoms with E-state index in [4.69, 9.17) is 5.73 Å². The van der Waals surface area contributed by atoms with Gasteiger partial charge in [-0.15, -0.1) is 12.4 Å². The van der Waals surface area contributed by atoms with Crippen molar-refractivity contribution in [1.82, 2.24) is 5.32 Å². The fraction of sp³-hybridized carbons (Fsp3) is 0.278. The van der Waals surface area contributed by atoms with Crippen LogP contribution in [0.2, 0.25) is 0 Å². The zero-order chi connectivity index (χ0) is 15.7. The Labute approximate surface area is 141 Å². The zero-order valence-electron chi connectivity index (χ0n) is 12.9. The van der Waals surface area contributed by atoms with Gasteiger partial charge in [-0.05, 0) is 67.1 Å². The molecule has 1 aliphatic rings. The summed E-state index contributed by atoms with van der Waals surface area (Å²) >= 11 is 0. The smallest absolute Gasteiger partial charge is 0.254 e. The van der Waals surface area contributed by atoms with Gasteiger partial charge in [0.05, 0.1) is 11.6 Å². The van der Waals surface area contributed by atoms with Gasteiger partial charge in [-0.3, -0.25) is 4.79 Å². The average Bonchev–Trinajstić information content (AvgIpc) is 2.47. The van der Waals surface area contributed by atoms with E-state index < -0.39 is 5.82 Å². The van der Waals surface area contributed by atoms with E-state index in [-0.39, 0.29) is 29.9 Å². The number of rotatable bonds is 2. The summed E-state index contributed by atoms with van der Waals surface area (Å²) in [6.45, 7) is 1.80. The second-order valence-corrected chi connectivity index (χ2v) is 5.86. The number of amides is 1. The van der Waals surface area contributed by atoms with Crippen molar-refractivity contribution >= 4 is 24.0 Å². The number of nitrogens with one attached hydrogen (secondary N) is 1. The Kier molecular flexibility index (Phi) is 5.26. The molecule has 1 amide bonds. The molecular weight excluding hydrogens is 315 g/mol. The average molecular weight is 335 g/mol. The highest BCUT2D eigenvalue weighted by Gasteiger charge is 2.23. The molecular formula is C18H20ClFN2O. The number of fused-ring (bicyclic) bond motifs is 1. The monoisotopic (exact) mass is 334 g/mol. The van der Waals surface area contributed by atoms with Gasteiger partial charge in [-0.25, -0.2) is 4.39 Å². The Bertz CT molecular complexity index is 733. The molecule has 122 valence electrons. The zero-order valence-corrected chi connectivity index (χ0v) is 13.8. The number of aryl methyl sites for hydroxylation is 2. The van der Waals surface area contributed by atoms with Crippen molar-refractivity contribution < 1.29 is 9.18 Å². The van der Waals surface area contributed by atoms with Crippen molar-refractivity contribution in [2.75, 3.05) is 5.73 Å². The molecule has 0 bridgehead atoms. The van der Waals surface area contributed by atoms with Crippen LogP contribution < -0.4 is 11.1 Å². The van der Waals surface area contributed by atoms with Crippen LogP contribution in [-0.4, -0.2) is 5.91 Å². The third-order valence-corrected chi connectivity index (χ3v) is 4.16. The van der Waals surface area contributed by atoms with Crippen LogP contribution in [0.25, 0.3) is 0 Å². The van der Waals surface area contributed by atoms with Gasteiger partial charge < -0.3 is 11.1 Å². The van der Waals surface area contributed by atoms with Gasteiger partial charge in [0, 0.05) is 5.69 Å². The van der Waals surface area contributed by atoms with E-state index in [2.05, 4.69) is 5.32 Å². The molecule has 23 heavy (non-hydrogen) atoms. The van der Waals surface area contributed by atoms with Crippen molar-refractivity contribution in [3.63, 3.8) is 0 Å². The van der Waals surface area contributed by atoms with Crippen LogP contribution in [-0.2, 0) is 6.42 Å². The predicted molar refractivity (Wildman–Crippen MR) is 92.4 cm³/mol. The predicted octanol–water partition coefficient (Wildman–Crippen LogP) is 3.95. The summed E-state index contributed by atoms with van der Waals surface area (Å²) in [5, 5.41) is 2.95. The standard InChI is InChI=1S/C18H19FN2O.ClH/c1-11-5-7-15(16(19)9-11)18(22)21-17-4-2-3-12-10-13(20)6-8-14(12)17;/h5-10,17H,2-4,20H2,1H3,(H,21,22);1H. The highest BCUT2D eigenvalue weighted by Crippen LogP contribution is 2.31. The Hall–Kier alpha value is -2.07. The number of nitrogen functional groups attached to an aromatic ring is 1. The molecule has 3 nitrogen and oxygen atoms in total. The molecule has 0 spiro atoms. The van der Waals surface area contributed by atoms with Crippen LogP contribution in [0, 0.1) is 12.7 Å². The molecule has 0 fully saturated rings. The molecule has 0 aromatic heterocycles. The van der Waals surface area contributed by atoms with Crippen LogP contribution in [0.1, 0.15) is 45.9 Å². The van der Waals surface area contributed by atoms with Gasteiger partial charge in [-0.1, -0.05) is 12.1 Å². The number of carbonyl (C=O) groups excluding carboxylic acids is 1. The first-order chi connectivity index (χ1) is 10.5. The second-order valence-electron chi connectivity index (χ2n) is 5.86. The van der Waals surface area contributed by atoms with E-state index in [1.165, 1.54) is 17.7 Å². The molecule has 3 N–H and O–H groups in total. The lowest BCUT2D eigenvalue weighted by Crippen LogP contribution is -2.31. The van der Waals surface area contributed by atoms with E-state index in [0.29, 0.717) is 0 Å². The fourth-order valence-corrected chi connectivity index (χ4v) is 3.02. The summed E-state index contributed by atoms with van der Waals surface area (Å²) in [6.07, 6.45) is 2.81. The molecule has 2 aromatic carbocycles. The Morgan fingerprint density at radius 3 is 2.78 bits per heavy atom. The lowest BCUT2D eigenvalue weighted by Gasteiger charge is -2.26. The van der Waals surface area contributed by atoms with Gasteiger partial charge in [0.15, 0.2) is 0 Å². The highest BCUT2D eigenvalue weighted by molar-refractivity contribution is 5.94. The Morgan fingerprint density at radius 1 is 1.26 bits per heavy atom. The summed E-state index contributed by atoms with van der Waals surface area (Å²) in [5.41, 5.74) is 9.69. The van der Waals surface area contributed by atoms with Gasteiger partial charge in [0.1, 0.15) is 5.82 Å². The fourth-order valence-electron chi connectivity index (χ4n) is 3.02. The lowest BCUT2D eigenvalue weighted by atomic mass is 9.87. The Morgan fingerprint density at radius 2 is 2.04 bits per heavy atom. The maximum absolute atomic E-state index is 13.9. The lowest BCUT2D eigenvalue weighted by molar-refractivity contribution is 0.0928. The molecule has 0 saturated heterocycles. The van der Waals surface area contributed by atoms with Gasteiger partial charge in [0.25, 0.3) is 5.91 Å². The first-order valence-electron chi connectivity index (χ1n) is 7.50. The van der Waals surface area contributed by atoms with E-state index in [1.807, 2.05) is 18.2 Å². The summed E-state index contributed by atoms with van der Waals surface area (Å²) < 4.78 is 13.9. The third kappa shape index (κ3) is 3.64. The molecule has 0 radical (unpaired) electrons. The van der Waals surface area contributed by atoms with Gasteiger partial charge in [0.2, 0.25) is 0 Å². The number of benzene rings is 2. The van der Waals surface area contributed by atoms with E-state index in [9.17, 15) is 9.18 Å². The number of halogens is 2. The van der Waals surface area contributed by atoms with Crippen molar-refractivity contribution in [1.29, 1.82) is 0 Å². The highest BCUT2D eigenvalue weighted by atomic mass is 35.5. The Balaban J connectivity index is 0.00000192. The second kappa shape index (κ2) is 7.01. The number of anilines is 1. The summed E-state index contributed by atoms with van der Waals surface area (Å²) in [6, 6.07) is 10.3. The van der Waals surface area contributed by atoms with Gasteiger partial charge in [-0.2, -0.15) is 0 Å². The van der Waals surface area contributed by atoms with Crippen LogP contribution in [0.4, 0.5) is 10.1 Å². The SMILES string of the molecule is Cc1ccc(C(=O)NC2CCCc3cc(N)ccc32)c(F)c1.Cl. The third-order valence-electron chi connectivity index (χ3n) is 4.16. The van der Waals surface area contributed by atoms with E-state index >= 15 is 0 Å². The largest absolute Gasteiger partial charge is 0.399 e. The summed E-state index contributed by atoms with van der Waals surface area (Å²) in [5.74, 6) is -0.849. The number of nitrogens with two attached hydrogens (primary N) is 1. The van der Waals surface area contributed by atoms with Crippen LogP contribution >= 0.6 is 12.4 Å². The first kappa shape index (κ1) is 17.3. The van der Waals surface area contributed by atoms with Gasteiger partial charge >= 0.3 is 0 Å². The minimum atomic E-state index is -0.481. The molecule has 0 aliphatic heterocycles. The molecule has 1 aliphatic carbocycles. The molecule has 1 unspecified atom stereocenters. The number of hydrogen-bond acceptors (Lipinski definition) is 2. The van der Waals surface area contributed by atoms with Crippen LogP contribution in [0.5, 0.6) is 0 Å². The summed E-state index contributed by atoms with van der Waals surface area (Å²) in [7, 11) is 0. The van der Waals surface area contributed by atoms with Crippen LogP contribution in [0.3, 0.4) is 0 Å².